The molecule has 0 spiro atoms. The van der Waals surface area contributed by atoms with Crippen molar-refractivity contribution in [2.45, 2.75) is 51.2 Å². The number of hydrogen-bond donors (Lipinski definition) is 1. The molecule has 1 N–H and O–H groups in total. The summed E-state index contributed by atoms with van der Waals surface area (Å²) in [6, 6.07) is 0.0601. The highest BCUT2D eigenvalue weighted by Crippen LogP contribution is 2.22. The maximum atomic E-state index is 12.0. The van der Waals surface area contributed by atoms with Gasteiger partial charge < -0.3 is 14.7 Å². The summed E-state index contributed by atoms with van der Waals surface area (Å²) in [5.74, 6) is -0.828. The number of aliphatic carboxylic acids is 1. The van der Waals surface area contributed by atoms with Gasteiger partial charge >= 0.3 is 5.97 Å². The number of carboxylic acids is 1. The summed E-state index contributed by atoms with van der Waals surface area (Å²) < 4.78 is 5.03. The van der Waals surface area contributed by atoms with Crippen molar-refractivity contribution in [2.75, 3.05) is 13.7 Å². The summed E-state index contributed by atoms with van der Waals surface area (Å²) >= 11 is 0. The van der Waals surface area contributed by atoms with Crippen molar-refractivity contribution in [1.29, 1.82) is 0 Å². The zero-order valence-electron chi connectivity index (χ0n) is 10.5. The average molecular weight is 243 g/mol. The van der Waals surface area contributed by atoms with E-state index in [1.165, 1.54) is 7.11 Å². The van der Waals surface area contributed by atoms with Crippen LogP contribution in [0.25, 0.3) is 0 Å². The van der Waals surface area contributed by atoms with Crippen molar-refractivity contribution >= 4 is 11.9 Å². The Morgan fingerprint density at radius 2 is 2.18 bits per heavy atom. The second-order valence-electron chi connectivity index (χ2n) is 4.49. The van der Waals surface area contributed by atoms with Crippen LogP contribution in [0.15, 0.2) is 0 Å². The first kappa shape index (κ1) is 14.0. The van der Waals surface area contributed by atoms with Gasteiger partial charge in [-0.25, -0.2) is 0 Å². The number of ether oxygens (including phenoxy) is 1. The first-order valence-electron chi connectivity index (χ1n) is 6.11. The van der Waals surface area contributed by atoms with Crippen molar-refractivity contribution in [3.63, 3.8) is 0 Å². The van der Waals surface area contributed by atoms with E-state index in [1.54, 1.807) is 11.8 Å². The molecule has 17 heavy (non-hydrogen) atoms. The predicted molar refractivity (Wildman–Crippen MR) is 62.7 cm³/mol. The lowest BCUT2D eigenvalue weighted by molar-refractivity contribution is -0.146. The Hall–Kier alpha value is -1.10. The van der Waals surface area contributed by atoms with E-state index in [0.29, 0.717) is 6.42 Å². The van der Waals surface area contributed by atoms with Crippen LogP contribution in [-0.4, -0.2) is 47.7 Å². The van der Waals surface area contributed by atoms with Crippen LogP contribution in [0.5, 0.6) is 0 Å². The van der Waals surface area contributed by atoms with Crippen LogP contribution >= 0.6 is 0 Å². The number of piperidine rings is 1. The second-order valence-corrected chi connectivity index (χ2v) is 4.49. The summed E-state index contributed by atoms with van der Waals surface area (Å²) in [7, 11) is 1.51. The smallest absolute Gasteiger partial charge is 0.303 e. The minimum Gasteiger partial charge on any atom is -0.481 e. The molecule has 1 rings (SSSR count). The van der Waals surface area contributed by atoms with Crippen LogP contribution in [-0.2, 0) is 14.3 Å². The van der Waals surface area contributed by atoms with Gasteiger partial charge in [-0.1, -0.05) is 0 Å². The number of carbonyl (C=O) groups is 2. The molecule has 1 fully saturated rings. The van der Waals surface area contributed by atoms with Gasteiger partial charge in [-0.2, -0.15) is 0 Å². The third-order valence-corrected chi connectivity index (χ3v) is 3.30. The number of methoxy groups -OCH3 is 1. The molecule has 0 unspecified atom stereocenters. The highest BCUT2D eigenvalue weighted by Gasteiger charge is 2.29. The molecule has 0 bridgehead atoms. The number of nitrogens with zero attached hydrogens (tertiary/aromatic N) is 1. The quantitative estimate of drug-likeness (QED) is 0.789. The van der Waals surface area contributed by atoms with Gasteiger partial charge in [0, 0.05) is 26.1 Å². The Labute approximate surface area is 102 Å². The Bertz CT molecular complexity index is 280. The zero-order chi connectivity index (χ0) is 12.8. The topological polar surface area (TPSA) is 66.8 Å². The number of carboxylic acid groups (broad SMARTS) is 1. The fraction of sp³-hybridized carbons (Fsp3) is 0.833. The molecule has 0 aromatic rings. The van der Waals surface area contributed by atoms with E-state index in [2.05, 4.69) is 0 Å². The maximum absolute atomic E-state index is 12.0. The first-order valence-corrected chi connectivity index (χ1v) is 6.11. The summed E-state index contributed by atoms with van der Waals surface area (Å²) in [5, 5.41) is 8.70. The minimum atomic E-state index is -0.803. The lowest BCUT2D eigenvalue weighted by Gasteiger charge is -2.37. The number of carbonyl (C=O) groups excluding carboxylic acids is 1. The normalized spacial score (nSPS) is 22.2. The fourth-order valence-electron chi connectivity index (χ4n) is 2.22. The van der Waals surface area contributed by atoms with Crippen LogP contribution in [0.4, 0.5) is 0 Å². The van der Waals surface area contributed by atoms with Gasteiger partial charge in [-0.15, -0.1) is 0 Å². The molecule has 0 aromatic carbocycles. The highest BCUT2D eigenvalue weighted by atomic mass is 16.5. The van der Waals surface area contributed by atoms with Crippen molar-refractivity contribution in [3.05, 3.63) is 0 Å². The molecule has 1 saturated heterocycles. The van der Waals surface area contributed by atoms with Gasteiger partial charge in [0.1, 0.15) is 6.10 Å². The SMILES string of the molecule is CO[C@H](C)C(=O)N1CCCC[C@H]1CCC(=O)O. The molecule has 5 nitrogen and oxygen atoms in total. The summed E-state index contributed by atoms with van der Waals surface area (Å²) in [6.45, 7) is 2.45. The van der Waals surface area contributed by atoms with Gasteiger partial charge in [0.15, 0.2) is 0 Å². The Balaban J connectivity index is 2.58. The Morgan fingerprint density at radius 3 is 2.76 bits per heavy atom. The molecule has 5 heteroatoms. The molecule has 1 amide bonds. The lowest BCUT2D eigenvalue weighted by Crippen LogP contribution is -2.48. The second kappa shape index (κ2) is 6.59. The zero-order valence-corrected chi connectivity index (χ0v) is 10.5. The van der Waals surface area contributed by atoms with Gasteiger partial charge in [0.05, 0.1) is 0 Å². The van der Waals surface area contributed by atoms with Gasteiger partial charge in [-0.3, -0.25) is 9.59 Å². The maximum Gasteiger partial charge on any atom is 0.303 e. The molecule has 2 atom stereocenters. The molecule has 0 aliphatic carbocycles. The van der Waals surface area contributed by atoms with Gasteiger partial charge in [0.2, 0.25) is 0 Å². The van der Waals surface area contributed by atoms with E-state index < -0.39 is 12.1 Å². The van der Waals surface area contributed by atoms with Crippen LogP contribution < -0.4 is 0 Å². The van der Waals surface area contributed by atoms with Crippen LogP contribution in [0.3, 0.4) is 0 Å². The Morgan fingerprint density at radius 1 is 1.47 bits per heavy atom. The predicted octanol–water partition coefficient (Wildman–Crippen LogP) is 1.27. The number of amides is 1. The molecule has 1 heterocycles. The molecule has 0 radical (unpaired) electrons. The standard InChI is InChI=1S/C12H21NO4/c1-9(17-2)12(16)13-8-4-3-5-10(13)6-7-11(14)15/h9-10H,3-8H2,1-2H3,(H,14,15)/t9-,10+/m1/s1. The molecule has 98 valence electrons. The van der Waals surface area contributed by atoms with Crippen molar-refractivity contribution in [2.24, 2.45) is 0 Å². The van der Waals surface area contributed by atoms with Crippen molar-refractivity contribution in [3.8, 4) is 0 Å². The van der Waals surface area contributed by atoms with E-state index in [1.807, 2.05) is 0 Å². The average Bonchev–Trinajstić information content (AvgIpc) is 2.34. The summed E-state index contributed by atoms with van der Waals surface area (Å²) in [5.41, 5.74) is 0. The summed E-state index contributed by atoms with van der Waals surface area (Å²) in [6.07, 6.45) is 3.17. The summed E-state index contributed by atoms with van der Waals surface area (Å²) in [4.78, 5) is 24.4. The van der Waals surface area contributed by atoms with E-state index in [9.17, 15) is 9.59 Å². The van der Waals surface area contributed by atoms with E-state index in [4.69, 9.17) is 9.84 Å². The lowest BCUT2D eigenvalue weighted by atomic mass is 9.97. The van der Waals surface area contributed by atoms with Crippen LogP contribution in [0.1, 0.15) is 39.0 Å². The monoisotopic (exact) mass is 243 g/mol. The van der Waals surface area contributed by atoms with Crippen LogP contribution in [0, 0.1) is 0 Å². The highest BCUT2D eigenvalue weighted by molar-refractivity contribution is 5.81. The number of hydrogen-bond acceptors (Lipinski definition) is 3. The largest absolute Gasteiger partial charge is 0.481 e. The number of rotatable bonds is 5. The van der Waals surface area contributed by atoms with Crippen molar-refractivity contribution < 1.29 is 19.4 Å². The molecule has 1 aliphatic rings. The van der Waals surface area contributed by atoms with E-state index >= 15 is 0 Å². The molecule has 0 aromatic heterocycles. The Kier molecular flexibility index (Phi) is 5.41. The van der Waals surface area contributed by atoms with Crippen molar-refractivity contribution in [1.82, 2.24) is 4.90 Å². The third kappa shape index (κ3) is 4.00. The fourth-order valence-corrected chi connectivity index (χ4v) is 2.22. The minimum absolute atomic E-state index is 0.0254. The number of likely N-dealkylation sites (tertiary alicyclic amines) is 1. The molecule has 1 aliphatic heterocycles. The third-order valence-electron chi connectivity index (χ3n) is 3.30. The van der Waals surface area contributed by atoms with Crippen LogP contribution in [0.2, 0.25) is 0 Å². The molecule has 0 saturated carbocycles. The van der Waals surface area contributed by atoms with Gasteiger partial charge in [0.25, 0.3) is 5.91 Å². The first-order chi connectivity index (χ1) is 8.06. The van der Waals surface area contributed by atoms with Gasteiger partial charge in [-0.05, 0) is 32.6 Å². The van der Waals surface area contributed by atoms with E-state index in [0.717, 1.165) is 25.8 Å². The molecular weight excluding hydrogens is 222 g/mol. The van der Waals surface area contributed by atoms with E-state index in [-0.39, 0.29) is 18.4 Å². The molecular formula is C12H21NO4.